The van der Waals surface area contributed by atoms with E-state index in [2.05, 4.69) is 22.1 Å². The Labute approximate surface area is 105 Å². The fraction of sp³-hybridized carbons (Fsp3) is 0.0667. The summed E-state index contributed by atoms with van der Waals surface area (Å²) in [5.41, 5.74) is 9.71. The van der Waals surface area contributed by atoms with E-state index in [-0.39, 0.29) is 0 Å². The number of anilines is 1. The van der Waals surface area contributed by atoms with Crippen LogP contribution in [-0.2, 0) is 6.42 Å². The van der Waals surface area contributed by atoms with E-state index in [1.54, 1.807) is 12.4 Å². The number of nitrogens with two attached hydrogens (primary N) is 1. The summed E-state index contributed by atoms with van der Waals surface area (Å²) >= 11 is 0. The van der Waals surface area contributed by atoms with Gasteiger partial charge in [-0.1, -0.05) is 24.3 Å². The molecule has 3 nitrogen and oxygen atoms in total. The maximum atomic E-state index is 5.89. The quantitative estimate of drug-likeness (QED) is 0.743. The molecule has 88 valence electrons. The second kappa shape index (κ2) is 4.45. The molecule has 3 rings (SSSR count). The molecule has 2 aromatic heterocycles. The molecule has 0 aliphatic heterocycles. The van der Waals surface area contributed by atoms with Crippen LogP contribution < -0.4 is 5.73 Å². The van der Waals surface area contributed by atoms with Gasteiger partial charge in [-0.2, -0.15) is 0 Å². The Morgan fingerprint density at radius 2 is 1.89 bits per heavy atom. The molecule has 0 spiro atoms. The van der Waals surface area contributed by atoms with Crippen LogP contribution in [0.3, 0.4) is 0 Å². The van der Waals surface area contributed by atoms with E-state index in [9.17, 15) is 0 Å². The Bertz CT molecular complexity index is 692. The highest BCUT2D eigenvalue weighted by atomic mass is 14.7. The van der Waals surface area contributed by atoms with Crippen LogP contribution in [0.15, 0.2) is 54.9 Å². The molecule has 0 aliphatic rings. The van der Waals surface area contributed by atoms with Crippen LogP contribution in [0.5, 0.6) is 0 Å². The Morgan fingerprint density at radius 3 is 2.78 bits per heavy atom. The molecular formula is C15H13N3. The molecule has 0 saturated carbocycles. The van der Waals surface area contributed by atoms with Crippen LogP contribution >= 0.6 is 0 Å². The third-order valence-electron chi connectivity index (χ3n) is 2.97. The van der Waals surface area contributed by atoms with Crippen molar-refractivity contribution < 1.29 is 0 Å². The number of hydrogen-bond acceptors (Lipinski definition) is 3. The summed E-state index contributed by atoms with van der Waals surface area (Å²) in [4.78, 5) is 8.63. The van der Waals surface area contributed by atoms with Gasteiger partial charge in [-0.05, 0) is 23.8 Å². The molecule has 18 heavy (non-hydrogen) atoms. The minimum atomic E-state index is 0.715. The van der Waals surface area contributed by atoms with Crippen LogP contribution in [0.4, 0.5) is 5.69 Å². The molecule has 0 unspecified atom stereocenters. The molecule has 0 saturated heterocycles. The van der Waals surface area contributed by atoms with Crippen LogP contribution in [0.1, 0.15) is 11.3 Å². The average molecular weight is 235 g/mol. The smallest absolute Gasteiger partial charge is 0.0705 e. The van der Waals surface area contributed by atoms with Crippen LogP contribution in [0, 0.1) is 0 Å². The predicted molar refractivity (Wildman–Crippen MR) is 73.2 cm³/mol. The van der Waals surface area contributed by atoms with Gasteiger partial charge in [-0.25, -0.2) is 0 Å². The van der Waals surface area contributed by atoms with Crippen molar-refractivity contribution in [3.63, 3.8) is 0 Å². The van der Waals surface area contributed by atoms with Crippen molar-refractivity contribution in [1.29, 1.82) is 0 Å². The SMILES string of the molecule is Nc1cnccc1Cc1ccc2ccccc2n1. The summed E-state index contributed by atoms with van der Waals surface area (Å²) in [7, 11) is 0. The monoisotopic (exact) mass is 235 g/mol. The van der Waals surface area contributed by atoms with Crippen molar-refractivity contribution in [2.24, 2.45) is 0 Å². The van der Waals surface area contributed by atoms with Gasteiger partial charge in [-0.3, -0.25) is 9.97 Å². The van der Waals surface area contributed by atoms with E-state index in [4.69, 9.17) is 5.73 Å². The molecule has 3 aromatic rings. The zero-order valence-electron chi connectivity index (χ0n) is 9.88. The Hall–Kier alpha value is -2.42. The Morgan fingerprint density at radius 1 is 1.00 bits per heavy atom. The fourth-order valence-electron chi connectivity index (χ4n) is 2.00. The molecule has 3 heteroatoms. The number of nitrogens with zero attached hydrogens (tertiary/aromatic N) is 2. The van der Waals surface area contributed by atoms with Crippen molar-refractivity contribution in [2.75, 3.05) is 5.73 Å². The number of benzene rings is 1. The highest BCUT2D eigenvalue weighted by molar-refractivity contribution is 5.78. The van der Waals surface area contributed by atoms with Gasteiger partial charge in [0.2, 0.25) is 0 Å². The number of fused-ring (bicyclic) bond motifs is 1. The van der Waals surface area contributed by atoms with E-state index in [1.807, 2.05) is 30.3 Å². The molecule has 0 fully saturated rings. The van der Waals surface area contributed by atoms with Gasteiger partial charge in [0.15, 0.2) is 0 Å². The molecule has 0 radical (unpaired) electrons. The largest absolute Gasteiger partial charge is 0.397 e. The highest BCUT2D eigenvalue weighted by Crippen LogP contribution is 2.17. The summed E-state index contributed by atoms with van der Waals surface area (Å²) in [5, 5.41) is 1.16. The summed E-state index contributed by atoms with van der Waals surface area (Å²) in [6.45, 7) is 0. The fourth-order valence-corrected chi connectivity index (χ4v) is 2.00. The van der Waals surface area contributed by atoms with Gasteiger partial charge in [0.05, 0.1) is 17.4 Å². The first-order chi connectivity index (χ1) is 8.83. The van der Waals surface area contributed by atoms with E-state index in [0.29, 0.717) is 5.69 Å². The number of nitrogen functional groups attached to an aromatic ring is 1. The maximum absolute atomic E-state index is 5.89. The van der Waals surface area contributed by atoms with Crippen LogP contribution in [-0.4, -0.2) is 9.97 Å². The first-order valence-electron chi connectivity index (χ1n) is 5.86. The van der Waals surface area contributed by atoms with E-state index in [0.717, 1.165) is 28.6 Å². The summed E-state index contributed by atoms with van der Waals surface area (Å²) in [6.07, 6.45) is 4.17. The second-order valence-electron chi connectivity index (χ2n) is 4.25. The third-order valence-corrected chi connectivity index (χ3v) is 2.97. The zero-order chi connectivity index (χ0) is 12.4. The zero-order valence-corrected chi connectivity index (χ0v) is 9.88. The molecule has 0 amide bonds. The Balaban J connectivity index is 1.98. The molecule has 2 N–H and O–H groups in total. The lowest BCUT2D eigenvalue weighted by Gasteiger charge is -2.05. The van der Waals surface area contributed by atoms with Crippen LogP contribution in [0.25, 0.3) is 10.9 Å². The van der Waals surface area contributed by atoms with Crippen molar-refractivity contribution >= 4 is 16.6 Å². The second-order valence-corrected chi connectivity index (χ2v) is 4.25. The van der Waals surface area contributed by atoms with Crippen molar-refractivity contribution in [3.8, 4) is 0 Å². The number of para-hydroxylation sites is 1. The molecule has 1 aromatic carbocycles. The summed E-state index contributed by atoms with van der Waals surface area (Å²) < 4.78 is 0. The number of rotatable bonds is 2. The number of hydrogen-bond donors (Lipinski definition) is 1. The lowest BCUT2D eigenvalue weighted by Crippen LogP contribution is -1.98. The van der Waals surface area contributed by atoms with Crippen LogP contribution in [0.2, 0.25) is 0 Å². The third kappa shape index (κ3) is 2.02. The van der Waals surface area contributed by atoms with E-state index < -0.39 is 0 Å². The van der Waals surface area contributed by atoms with Gasteiger partial charge >= 0.3 is 0 Å². The topological polar surface area (TPSA) is 51.8 Å². The van der Waals surface area contributed by atoms with Gasteiger partial charge in [0.25, 0.3) is 0 Å². The lowest BCUT2D eigenvalue weighted by atomic mass is 10.1. The average Bonchev–Trinajstić information content (AvgIpc) is 2.41. The van der Waals surface area contributed by atoms with Gasteiger partial charge < -0.3 is 5.73 Å². The molecular weight excluding hydrogens is 222 g/mol. The maximum Gasteiger partial charge on any atom is 0.0705 e. The minimum absolute atomic E-state index is 0.715. The van der Waals surface area contributed by atoms with Crippen molar-refractivity contribution in [2.45, 2.75) is 6.42 Å². The lowest BCUT2D eigenvalue weighted by molar-refractivity contribution is 1.09. The first-order valence-corrected chi connectivity index (χ1v) is 5.86. The standard InChI is InChI=1S/C15H13N3/c16-14-10-17-8-7-12(14)9-13-6-5-11-3-1-2-4-15(11)18-13/h1-8,10H,9,16H2. The van der Waals surface area contributed by atoms with E-state index >= 15 is 0 Å². The van der Waals surface area contributed by atoms with Gasteiger partial charge in [0.1, 0.15) is 0 Å². The van der Waals surface area contributed by atoms with Gasteiger partial charge in [0, 0.05) is 23.7 Å². The normalized spacial score (nSPS) is 10.7. The molecule has 0 aliphatic carbocycles. The molecule has 0 bridgehead atoms. The minimum Gasteiger partial charge on any atom is -0.397 e. The Kier molecular flexibility index (Phi) is 2.65. The first kappa shape index (κ1) is 10.7. The summed E-state index contributed by atoms with van der Waals surface area (Å²) in [6, 6.07) is 14.2. The number of aromatic nitrogens is 2. The van der Waals surface area contributed by atoms with Gasteiger partial charge in [-0.15, -0.1) is 0 Å². The van der Waals surface area contributed by atoms with Crippen molar-refractivity contribution in [3.05, 3.63) is 66.1 Å². The number of pyridine rings is 2. The molecule has 0 atom stereocenters. The summed E-state index contributed by atoms with van der Waals surface area (Å²) in [5.74, 6) is 0. The molecule has 2 heterocycles. The van der Waals surface area contributed by atoms with E-state index in [1.165, 1.54) is 0 Å². The van der Waals surface area contributed by atoms with Crippen molar-refractivity contribution in [1.82, 2.24) is 9.97 Å². The highest BCUT2D eigenvalue weighted by Gasteiger charge is 2.02. The predicted octanol–water partition coefficient (Wildman–Crippen LogP) is 2.80.